The van der Waals surface area contributed by atoms with E-state index in [0.717, 1.165) is 22.2 Å². The van der Waals surface area contributed by atoms with E-state index in [0.29, 0.717) is 28.2 Å². The van der Waals surface area contributed by atoms with E-state index in [1.54, 1.807) is 6.07 Å². The van der Waals surface area contributed by atoms with Gasteiger partial charge in [-0.05, 0) is 49.2 Å². The molecule has 0 aliphatic rings. The van der Waals surface area contributed by atoms with Crippen LogP contribution in [-0.2, 0) is 7.05 Å². The number of hydrogen-bond acceptors (Lipinski definition) is 5. The summed E-state index contributed by atoms with van der Waals surface area (Å²) < 4.78 is 8.14. The average Bonchev–Trinajstić information content (AvgIpc) is 3.17. The standard InChI is InChI=1S/C27H23N3O3.Na/c1-16-13-14-23(33-17(2)18-9-5-4-6-10-18)24-19(27(31)32)15-21(28-25(16)24)26-29-20-11-7-8-12-22(20)30(26)3;/h4-15,17H,1-3H3,(H,31,32);/q;+1/p-1. The van der Waals surface area contributed by atoms with Crippen LogP contribution >= 0.6 is 0 Å². The summed E-state index contributed by atoms with van der Waals surface area (Å²) in [6.07, 6.45) is -0.272. The predicted molar refractivity (Wildman–Crippen MR) is 126 cm³/mol. The van der Waals surface area contributed by atoms with Crippen LogP contribution in [0.3, 0.4) is 0 Å². The number of carboxylic acids is 1. The van der Waals surface area contributed by atoms with Gasteiger partial charge < -0.3 is 19.2 Å². The fraction of sp³-hybridized carbons (Fsp3) is 0.148. The molecule has 5 rings (SSSR count). The van der Waals surface area contributed by atoms with Crippen molar-refractivity contribution in [2.24, 2.45) is 7.05 Å². The Balaban J connectivity index is 0.00000274. The van der Waals surface area contributed by atoms with Gasteiger partial charge in [-0.1, -0.05) is 48.5 Å². The zero-order valence-corrected chi connectivity index (χ0v) is 21.6. The number of rotatable bonds is 5. The summed E-state index contributed by atoms with van der Waals surface area (Å²) in [6.45, 7) is 3.83. The molecule has 2 aromatic heterocycles. The quantitative estimate of drug-likeness (QED) is 0.373. The number of para-hydroxylation sites is 2. The van der Waals surface area contributed by atoms with E-state index in [9.17, 15) is 9.90 Å². The van der Waals surface area contributed by atoms with E-state index in [2.05, 4.69) is 4.98 Å². The molecule has 1 atom stereocenters. The topological polar surface area (TPSA) is 80.1 Å². The first kappa shape index (κ1) is 24.0. The molecule has 0 saturated heterocycles. The summed E-state index contributed by atoms with van der Waals surface area (Å²) in [4.78, 5) is 21.8. The van der Waals surface area contributed by atoms with Gasteiger partial charge in [-0.2, -0.15) is 0 Å². The van der Waals surface area contributed by atoms with Crippen LogP contribution in [0.5, 0.6) is 5.75 Å². The number of imidazole rings is 1. The van der Waals surface area contributed by atoms with Gasteiger partial charge in [-0.15, -0.1) is 0 Å². The number of aromatic carboxylic acids is 1. The summed E-state index contributed by atoms with van der Waals surface area (Å²) >= 11 is 0. The van der Waals surface area contributed by atoms with Gasteiger partial charge in [-0.25, -0.2) is 9.97 Å². The van der Waals surface area contributed by atoms with E-state index in [1.807, 2.05) is 86.1 Å². The van der Waals surface area contributed by atoms with E-state index < -0.39 is 5.97 Å². The first-order valence-corrected chi connectivity index (χ1v) is 10.7. The zero-order chi connectivity index (χ0) is 23.1. The Morgan fingerprint density at radius 2 is 1.71 bits per heavy atom. The van der Waals surface area contributed by atoms with E-state index >= 15 is 0 Å². The zero-order valence-electron chi connectivity index (χ0n) is 19.6. The molecule has 164 valence electrons. The van der Waals surface area contributed by atoms with Crippen molar-refractivity contribution >= 4 is 27.9 Å². The molecule has 1 unspecified atom stereocenters. The molecule has 0 amide bonds. The van der Waals surface area contributed by atoms with Crippen molar-refractivity contribution in [2.45, 2.75) is 20.0 Å². The number of ether oxygens (including phenoxy) is 1. The van der Waals surface area contributed by atoms with Crippen LogP contribution < -0.4 is 39.4 Å². The molecule has 0 saturated carbocycles. The molecular formula is C27H22N3NaO3. The molecule has 5 aromatic rings. The van der Waals surface area contributed by atoms with Gasteiger partial charge in [0, 0.05) is 12.6 Å². The maximum Gasteiger partial charge on any atom is 1.00 e. The van der Waals surface area contributed by atoms with Crippen LogP contribution in [0.1, 0.15) is 34.5 Å². The minimum atomic E-state index is -1.29. The van der Waals surface area contributed by atoms with Crippen molar-refractivity contribution in [3.05, 3.63) is 89.5 Å². The Bertz CT molecular complexity index is 1510. The van der Waals surface area contributed by atoms with Crippen molar-refractivity contribution in [3.63, 3.8) is 0 Å². The maximum atomic E-state index is 12.3. The van der Waals surface area contributed by atoms with Crippen LogP contribution in [0.4, 0.5) is 0 Å². The maximum absolute atomic E-state index is 12.3. The third kappa shape index (κ3) is 4.20. The van der Waals surface area contributed by atoms with Crippen molar-refractivity contribution in [1.29, 1.82) is 0 Å². The number of carbonyl (C=O) groups is 1. The number of nitrogens with zero attached hydrogens (tertiary/aromatic N) is 3. The first-order valence-electron chi connectivity index (χ1n) is 10.7. The van der Waals surface area contributed by atoms with Crippen molar-refractivity contribution < 1.29 is 44.2 Å². The minimum absolute atomic E-state index is 0. The molecule has 0 aliphatic heterocycles. The summed E-state index contributed by atoms with van der Waals surface area (Å²) in [6, 6.07) is 22.7. The van der Waals surface area contributed by atoms with Gasteiger partial charge >= 0.3 is 29.6 Å². The number of hydrogen-bond donors (Lipinski definition) is 0. The largest absolute Gasteiger partial charge is 1.00 e. The van der Waals surface area contributed by atoms with Crippen LogP contribution in [-0.4, -0.2) is 20.5 Å². The van der Waals surface area contributed by atoms with E-state index in [1.165, 1.54) is 6.07 Å². The monoisotopic (exact) mass is 459 g/mol. The summed E-state index contributed by atoms with van der Waals surface area (Å²) in [7, 11) is 1.89. The van der Waals surface area contributed by atoms with Gasteiger partial charge in [0.05, 0.1) is 27.9 Å². The molecule has 0 fully saturated rings. The van der Waals surface area contributed by atoms with Gasteiger partial charge in [0.15, 0.2) is 5.82 Å². The molecule has 0 aliphatic carbocycles. The number of carbonyl (C=O) groups excluding carboxylic acids is 1. The van der Waals surface area contributed by atoms with E-state index in [-0.39, 0.29) is 41.2 Å². The molecule has 6 nitrogen and oxygen atoms in total. The Hall–Kier alpha value is -3.19. The van der Waals surface area contributed by atoms with Crippen LogP contribution in [0, 0.1) is 6.92 Å². The molecule has 7 heteroatoms. The number of aromatic nitrogens is 3. The predicted octanol–water partition coefficient (Wildman–Crippen LogP) is 1.60. The fourth-order valence-corrected chi connectivity index (χ4v) is 4.17. The van der Waals surface area contributed by atoms with Crippen LogP contribution in [0.2, 0.25) is 0 Å². The molecule has 2 heterocycles. The summed E-state index contributed by atoms with van der Waals surface area (Å²) in [5.41, 5.74) is 4.64. The van der Waals surface area contributed by atoms with Gasteiger partial charge in [0.1, 0.15) is 17.5 Å². The molecule has 0 bridgehead atoms. The Kier molecular flexibility index (Phi) is 6.75. The second kappa shape index (κ2) is 9.58. The normalized spacial score (nSPS) is 11.9. The van der Waals surface area contributed by atoms with Crippen molar-refractivity contribution in [1.82, 2.24) is 14.5 Å². The number of fused-ring (bicyclic) bond motifs is 2. The third-order valence-corrected chi connectivity index (χ3v) is 5.93. The second-order valence-corrected chi connectivity index (χ2v) is 8.10. The first-order chi connectivity index (χ1) is 15.9. The number of aryl methyl sites for hydroxylation is 2. The van der Waals surface area contributed by atoms with Gasteiger partial charge in [0.2, 0.25) is 0 Å². The number of pyridine rings is 1. The molecular weight excluding hydrogens is 437 g/mol. The summed E-state index contributed by atoms with van der Waals surface area (Å²) in [5, 5.41) is 12.7. The molecule has 3 aromatic carbocycles. The Morgan fingerprint density at radius 1 is 1.00 bits per heavy atom. The molecule has 0 N–H and O–H groups in total. The van der Waals surface area contributed by atoms with Gasteiger partial charge in [0.25, 0.3) is 0 Å². The smallest absolute Gasteiger partial charge is 0.545 e. The SMILES string of the molecule is Cc1ccc(OC(C)c2ccccc2)c2c(C(=O)[O-])cc(-c3nc4ccccc4n3C)nc12.[Na+]. The molecule has 0 radical (unpaired) electrons. The summed E-state index contributed by atoms with van der Waals surface area (Å²) in [5.74, 6) is -0.246. The second-order valence-electron chi connectivity index (χ2n) is 8.10. The fourth-order valence-electron chi connectivity index (χ4n) is 4.17. The van der Waals surface area contributed by atoms with Gasteiger partial charge in [-0.3, -0.25) is 0 Å². The molecule has 34 heavy (non-hydrogen) atoms. The minimum Gasteiger partial charge on any atom is -0.545 e. The number of carboxylic acid groups (broad SMARTS) is 1. The van der Waals surface area contributed by atoms with Crippen LogP contribution in [0.15, 0.2) is 72.8 Å². The average molecular weight is 459 g/mol. The number of benzene rings is 3. The van der Waals surface area contributed by atoms with Crippen molar-refractivity contribution in [2.75, 3.05) is 0 Å². The third-order valence-electron chi connectivity index (χ3n) is 5.93. The van der Waals surface area contributed by atoms with Crippen molar-refractivity contribution in [3.8, 4) is 17.3 Å². The molecule has 0 spiro atoms. The van der Waals surface area contributed by atoms with Crippen LogP contribution in [0.25, 0.3) is 33.5 Å². The Morgan fingerprint density at radius 3 is 2.41 bits per heavy atom. The van der Waals surface area contributed by atoms with E-state index in [4.69, 9.17) is 9.72 Å². The Labute approximate surface area is 219 Å².